The van der Waals surface area contributed by atoms with Crippen LogP contribution in [0.4, 0.5) is 0 Å². The molecule has 0 saturated carbocycles. The second kappa shape index (κ2) is 12.4. The van der Waals surface area contributed by atoms with Crippen LogP contribution in [0.15, 0.2) is 34.2 Å². The van der Waals surface area contributed by atoms with Gasteiger partial charge < -0.3 is 19.9 Å². The molecular formula is C19H34IN5O2. The van der Waals surface area contributed by atoms with Gasteiger partial charge in [-0.15, -0.1) is 24.0 Å². The quantitative estimate of drug-likeness (QED) is 0.250. The molecule has 2 heterocycles. The molecule has 1 fully saturated rings. The molecule has 8 heteroatoms. The molecule has 1 saturated heterocycles. The predicted octanol–water partition coefficient (Wildman–Crippen LogP) is 1.52. The lowest BCUT2D eigenvalue weighted by molar-refractivity contribution is -0.00833. The molecule has 0 radical (unpaired) electrons. The smallest absolute Gasteiger partial charge is 0.250 e. The minimum Gasteiger partial charge on any atom is -0.379 e. The van der Waals surface area contributed by atoms with Crippen LogP contribution in [0.5, 0.6) is 0 Å². The molecule has 27 heavy (non-hydrogen) atoms. The molecule has 0 aliphatic carbocycles. The van der Waals surface area contributed by atoms with Gasteiger partial charge in [0.15, 0.2) is 5.96 Å². The first-order valence-electron chi connectivity index (χ1n) is 9.46. The normalized spacial score (nSPS) is 15.9. The molecule has 0 aromatic carbocycles. The van der Waals surface area contributed by atoms with E-state index < -0.39 is 0 Å². The number of nitrogens with one attached hydrogen (secondary N) is 2. The molecule has 0 spiro atoms. The van der Waals surface area contributed by atoms with Crippen molar-refractivity contribution in [2.75, 3.05) is 46.4 Å². The van der Waals surface area contributed by atoms with E-state index in [0.717, 1.165) is 64.7 Å². The Balaban J connectivity index is 0.00000364. The first kappa shape index (κ1) is 23.9. The van der Waals surface area contributed by atoms with Crippen LogP contribution in [-0.4, -0.2) is 67.4 Å². The van der Waals surface area contributed by atoms with Gasteiger partial charge in [-0.3, -0.25) is 14.7 Å². The maximum absolute atomic E-state index is 11.7. The second-order valence-corrected chi connectivity index (χ2v) is 7.20. The van der Waals surface area contributed by atoms with Gasteiger partial charge in [0.2, 0.25) is 5.56 Å². The summed E-state index contributed by atoms with van der Waals surface area (Å²) in [6.45, 7) is 10.5. The van der Waals surface area contributed by atoms with Gasteiger partial charge in [0.05, 0.1) is 13.2 Å². The van der Waals surface area contributed by atoms with Crippen molar-refractivity contribution >= 4 is 29.9 Å². The third-order valence-corrected chi connectivity index (χ3v) is 4.80. The van der Waals surface area contributed by atoms with Crippen LogP contribution in [0, 0.1) is 0 Å². The molecule has 0 atom stereocenters. The van der Waals surface area contributed by atoms with E-state index in [-0.39, 0.29) is 35.1 Å². The van der Waals surface area contributed by atoms with E-state index in [1.54, 1.807) is 23.7 Å². The van der Waals surface area contributed by atoms with Crippen LogP contribution < -0.4 is 16.2 Å². The molecule has 1 aromatic heterocycles. The average molecular weight is 491 g/mol. The molecule has 2 N–H and O–H groups in total. The molecule has 2 rings (SSSR count). The van der Waals surface area contributed by atoms with Gasteiger partial charge in [-0.1, -0.05) is 6.07 Å². The predicted molar refractivity (Wildman–Crippen MR) is 121 cm³/mol. The number of nitrogens with zero attached hydrogens (tertiary/aromatic N) is 3. The zero-order valence-electron chi connectivity index (χ0n) is 16.7. The van der Waals surface area contributed by atoms with Crippen molar-refractivity contribution in [3.8, 4) is 0 Å². The Bertz CT molecular complexity index is 627. The van der Waals surface area contributed by atoms with Crippen LogP contribution in [0.25, 0.3) is 0 Å². The first-order valence-corrected chi connectivity index (χ1v) is 9.46. The van der Waals surface area contributed by atoms with Gasteiger partial charge in [0, 0.05) is 57.6 Å². The molecule has 0 amide bonds. The average Bonchev–Trinajstić information content (AvgIpc) is 2.66. The standard InChI is InChI=1S/C19H33N5O2.HI/c1-19(2,24-12-14-26-15-13-24)16-22-18(20-3)21-9-5-7-11-23-10-6-4-8-17(23)25;/h4,6,8,10H,5,7,9,11-16H2,1-3H3,(H2,20,21,22);1H. The number of aliphatic imine (C=N–C) groups is 1. The van der Waals surface area contributed by atoms with Crippen molar-refractivity contribution in [1.29, 1.82) is 0 Å². The summed E-state index contributed by atoms with van der Waals surface area (Å²) >= 11 is 0. The Morgan fingerprint density at radius 1 is 1.22 bits per heavy atom. The number of halogens is 1. The molecule has 1 aliphatic heterocycles. The lowest BCUT2D eigenvalue weighted by Gasteiger charge is -2.41. The largest absolute Gasteiger partial charge is 0.379 e. The van der Waals surface area contributed by atoms with Crippen LogP contribution in [0.3, 0.4) is 0 Å². The molecule has 1 aliphatic rings. The highest BCUT2D eigenvalue weighted by Crippen LogP contribution is 2.14. The number of hydrogen-bond donors (Lipinski definition) is 2. The fraction of sp³-hybridized carbons (Fsp3) is 0.684. The van der Waals surface area contributed by atoms with Crippen molar-refractivity contribution in [3.63, 3.8) is 0 Å². The topological polar surface area (TPSA) is 70.9 Å². The van der Waals surface area contributed by atoms with E-state index in [1.165, 1.54) is 0 Å². The number of rotatable bonds is 8. The molecule has 0 unspecified atom stereocenters. The van der Waals surface area contributed by atoms with Gasteiger partial charge >= 0.3 is 0 Å². The number of guanidine groups is 1. The Morgan fingerprint density at radius 2 is 1.96 bits per heavy atom. The van der Waals surface area contributed by atoms with Crippen LogP contribution in [0.2, 0.25) is 0 Å². The molecule has 154 valence electrons. The highest BCUT2D eigenvalue weighted by molar-refractivity contribution is 14.0. The summed E-state index contributed by atoms with van der Waals surface area (Å²) < 4.78 is 7.19. The SMILES string of the molecule is CN=C(NCCCCn1ccccc1=O)NCC(C)(C)N1CCOCC1.I. The summed E-state index contributed by atoms with van der Waals surface area (Å²) in [6.07, 6.45) is 3.77. The summed E-state index contributed by atoms with van der Waals surface area (Å²) in [5, 5.41) is 6.78. The Kier molecular flexibility index (Phi) is 10.9. The van der Waals surface area contributed by atoms with Crippen LogP contribution in [-0.2, 0) is 11.3 Å². The number of pyridine rings is 1. The summed E-state index contributed by atoms with van der Waals surface area (Å²) in [7, 11) is 1.79. The molecule has 0 bridgehead atoms. The molecule has 7 nitrogen and oxygen atoms in total. The van der Waals surface area contributed by atoms with Crippen molar-refractivity contribution < 1.29 is 4.74 Å². The molecule has 1 aromatic rings. The number of unbranched alkanes of at least 4 members (excludes halogenated alkanes) is 1. The van der Waals surface area contributed by atoms with E-state index in [4.69, 9.17) is 4.74 Å². The number of aromatic nitrogens is 1. The van der Waals surface area contributed by atoms with Gasteiger partial charge in [0.1, 0.15) is 0 Å². The zero-order chi connectivity index (χ0) is 18.8. The summed E-state index contributed by atoms with van der Waals surface area (Å²) in [6, 6.07) is 5.26. The fourth-order valence-corrected chi connectivity index (χ4v) is 3.06. The summed E-state index contributed by atoms with van der Waals surface area (Å²) in [4.78, 5) is 18.4. The second-order valence-electron chi connectivity index (χ2n) is 7.20. The molecular weight excluding hydrogens is 457 g/mol. The minimum absolute atomic E-state index is 0. The zero-order valence-corrected chi connectivity index (χ0v) is 19.1. The number of hydrogen-bond acceptors (Lipinski definition) is 4. The van der Waals surface area contributed by atoms with Gasteiger partial charge in [-0.2, -0.15) is 0 Å². The Hall–Kier alpha value is -1.13. The highest BCUT2D eigenvalue weighted by Gasteiger charge is 2.28. The Labute approximate surface area is 179 Å². The van der Waals surface area contributed by atoms with Crippen molar-refractivity contribution in [1.82, 2.24) is 20.1 Å². The van der Waals surface area contributed by atoms with Gasteiger partial charge in [-0.05, 0) is 32.8 Å². The van der Waals surface area contributed by atoms with Crippen molar-refractivity contribution in [2.24, 2.45) is 4.99 Å². The van der Waals surface area contributed by atoms with E-state index in [2.05, 4.69) is 34.4 Å². The van der Waals surface area contributed by atoms with E-state index in [9.17, 15) is 4.79 Å². The lowest BCUT2D eigenvalue weighted by atomic mass is 10.0. The minimum atomic E-state index is 0. The van der Waals surface area contributed by atoms with E-state index >= 15 is 0 Å². The Morgan fingerprint density at radius 3 is 2.63 bits per heavy atom. The number of morpholine rings is 1. The summed E-state index contributed by atoms with van der Waals surface area (Å²) in [5.74, 6) is 0.822. The van der Waals surface area contributed by atoms with Crippen LogP contribution in [0.1, 0.15) is 26.7 Å². The third kappa shape index (κ3) is 8.18. The fourth-order valence-electron chi connectivity index (χ4n) is 3.06. The van der Waals surface area contributed by atoms with Gasteiger partial charge in [-0.25, -0.2) is 0 Å². The van der Waals surface area contributed by atoms with Gasteiger partial charge in [0.25, 0.3) is 0 Å². The van der Waals surface area contributed by atoms with Crippen LogP contribution >= 0.6 is 24.0 Å². The number of ether oxygens (including phenoxy) is 1. The van der Waals surface area contributed by atoms with E-state index in [1.807, 2.05) is 12.3 Å². The monoisotopic (exact) mass is 491 g/mol. The van der Waals surface area contributed by atoms with Crippen molar-refractivity contribution in [3.05, 3.63) is 34.7 Å². The maximum atomic E-state index is 11.7. The summed E-state index contributed by atoms with van der Waals surface area (Å²) in [5.41, 5.74) is 0.110. The highest BCUT2D eigenvalue weighted by atomic mass is 127. The number of aryl methyl sites for hydroxylation is 1. The van der Waals surface area contributed by atoms with E-state index in [0.29, 0.717) is 0 Å². The van der Waals surface area contributed by atoms with Crippen molar-refractivity contribution in [2.45, 2.75) is 38.8 Å². The lowest BCUT2D eigenvalue weighted by Crippen LogP contribution is -2.56. The maximum Gasteiger partial charge on any atom is 0.250 e. The third-order valence-electron chi connectivity index (χ3n) is 4.80. The first-order chi connectivity index (χ1) is 12.5.